The maximum Gasteiger partial charge on any atom is 0.226 e. The summed E-state index contributed by atoms with van der Waals surface area (Å²) in [6.07, 6.45) is 1.39. The van der Waals surface area contributed by atoms with Crippen LogP contribution in [0.4, 0.5) is 5.82 Å². The highest BCUT2D eigenvalue weighted by atomic mass is 35.5. The Morgan fingerprint density at radius 2 is 2.17 bits per heavy atom. The number of benzene rings is 1. The van der Waals surface area contributed by atoms with E-state index in [0.29, 0.717) is 24.0 Å². The van der Waals surface area contributed by atoms with Gasteiger partial charge in [-0.2, -0.15) is 9.97 Å². The number of nitrogen functional groups attached to an aromatic ring is 1. The number of hydrogen-bond donors (Lipinski definition) is 2. The number of anilines is 1. The van der Waals surface area contributed by atoms with Crippen molar-refractivity contribution in [1.29, 1.82) is 0 Å². The van der Waals surface area contributed by atoms with Crippen molar-refractivity contribution in [2.45, 2.75) is 31.3 Å². The molecule has 0 spiro atoms. The van der Waals surface area contributed by atoms with Gasteiger partial charge in [-0.15, -0.1) is 0 Å². The Hall–Kier alpha value is -2.22. The molecule has 4 rings (SSSR count). The molecule has 0 bridgehead atoms. The van der Waals surface area contributed by atoms with E-state index in [1.54, 1.807) is 10.9 Å². The number of aliphatic hydroxyl groups excluding tert-OH is 1. The van der Waals surface area contributed by atoms with Crippen LogP contribution in [0.15, 0.2) is 30.6 Å². The predicted octanol–water partition coefficient (Wildman–Crippen LogP) is 1.75. The van der Waals surface area contributed by atoms with Crippen molar-refractivity contribution in [3.63, 3.8) is 0 Å². The van der Waals surface area contributed by atoms with Gasteiger partial charge in [0.15, 0.2) is 11.5 Å². The molecule has 123 valence electrons. The molecule has 1 radical (unpaired) electrons. The van der Waals surface area contributed by atoms with Crippen LogP contribution < -0.4 is 5.73 Å². The van der Waals surface area contributed by atoms with E-state index in [1.165, 1.54) is 0 Å². The lowest BCUT2D eigenvalue weighted by Crippen LogP contribution is -2.23. The van der Waals surface area contributed by atoms with Gasteiger partial charge in [0.1, 0.15) is 11.7 Å². The highest BCUT2D eigenvalue weighted by Crippen LogP contribution is 2.33. The van der Waals surface area contributed by atoms with Crippen LogP contribution in [0, 0.1) is 6.07 Å². The zero-order valence-electron chi connectivity index (χ0n) is 12.6. The fourth-order valence-corrected chi connectivity index (χ4v) is 3.15. The number of nitrogens with two attached hydrogens (primary N) is 1. The fraction of sp³-hybridized carbons (Fsp3) is 0.312. The van der Waals surface area contributed by atoms with Crippen LogP contribution in [-0.4, -0.2) is 36.8 Å². The van der Waals surface area contributed by atoms with Crippen LogP contribution in [0.5, 0.6) is 0 Å². The highest BCUT2D eigenvalue weighted by Gasteiger charge is 2.35. The molecule has 3 aromatic rings. The van der Waals surface area contributed by atoms with E-state index < -0.39 is 6.10 Å². The third-order valence-corrected chi connectivity index (χ3v) is 4.33. The van der Waals surface area contributed by atoms with E-state index in [-0.39, 0.29) is 23.4 Å². The number of fused-ring (bicyclic) bond motifs is 1. The molecule has 1 aliphatic rings. The second-order valence-corrected chi connectivity index (χ2v) is 6.08. The van der Waals surface area contributed by atoms with Gasteiger partial charge < -0.3 is 15.6 Å². The molecule has 1 saturated heterocycles. The quantitative estimate of drug-likeness (QED) is 0.702. The summed E-state index contributed by atoms with van der Waals surface area (Å²) in [5, 5.41) is 10.4. The van der Waals surface area contributed by atoms with Gasteiger partial charge >= 0.3 is 0 Å². The summed E-state index contributed by atoms with van der Waals surface area (Å²) in [4.78, 5) is 12.3. The first kappa shape index (κ1) is 15.3. The number of hydrogen-bond acceptors (Lipinski definition) is 6. The van der Waals surface area contributed by atoms with Gasteiger partial charge in [-0.1, -0.05) is 24.3 Å². The second-order valence-electron chi connectivity index (χ2n) is 5.75. The van der Waals surface area contributed by atoms with Crippen molar-refractivity contribution in [2.75, 3.05) is 5.73 Å². The summed E-state index contributed by atoms with van der Waals surface area (Å²) in [5.74, 6) is 0.222. The Kier molecular flexibility index (Phi) is 3.84. The molecule has 0 saturated carbocycles. The van der Waals surface area contributed by atoms with Gasteiger partial charge in [0.25, 0.3) is 0 Å². The van der Waals surface area contributed by atoms with Gasteiger partial charge in [-0.3, -0.25) is 4.57 Å². The number of ether oxygens (including phenoxy) is 1. The Labute approximate surface area is 143 Å². The molecule has 1 fully saturated rings. The second kappa shape index (κ2) is 6.01. The minimum atomic E-state index is -0.578. The monoisotopic (exact) mass is 344 g/mol. The molecule has 24 heavy (non-hydrogen) atoms. The van der Waals surface area contributed by atoms with Crippen molar-refractivity contribution in [3.05, 3.63) is 47.5 Å². The Bertz CT molecular complexity index is 870. The van der Waals surface area contributed by atoms with Crippen molar-refractivity contribution in [3.8, 4) is 0 Å². The summed E-state index contributed by atoms with van der Waals surface area (Å²) < 4.78 is 7.77. The largest absolute Gasteiger partial charge is 0.390 e. The van der Waals surface area contributed by atoms with E-state index in [4.69, 9.17) is 22.1 Å². The molecule has 7 nitrogen and oxygen atoms in total. The normalized spacial score (nSPS) is 23.8. The van der Waals surface area contributed by atoms with Crippen molar-refractivity contribution in [2.24, 2.45) is 0 Å². The van der Waals surface area contributed by atoms with Crippen LogP contribution in [0.1, 0.15) is 18.2 Å². The minimum absolute atomic E-state index is 0.0531. The smallest absolute Gasteiger partial charge is 0.226 e. The minimum Gasteiger partial charge on any atom is -0.390 e. The summed E-state index contributed by atoms with van der Waals surface area (Å²) in [6.45, 7) is 0. The van der Waals surface area contributed by atoms with E-state index in [1.807, 2.05) is 24.3 Å². The summed E-state index contributed by atoms with van der Waals surface area (Å²) >= 11 is 5.89. The van der Waals surface area contributed by atoms with Crippen molar-refractivity contribution < 1.29 is 9.84 Å². The molecular formula is C16H15ClN5O2. The maximum absolute atomic E-state index is 10.4. The lowest BCUT2D eigenvalue weighted by Gasteiger charge is -2.15. The Morgan fingerprint density at radius 1 is 1.38 bits per heavy atom. The number of nitrogens with zero attached hydrogens (tertiary/aromatic N) is 4. The molecule has 3 atom stereocenters. The number of rotatable bonds is 3. The topological polar surface area (TPSA) is 99.1 Å². The molecule has 1 aliphatic heterocycles. The lowest BCUT2D eigenvalue weighted by atomic mass is 10.0. The van der Waals surface area contributed by atoms with Crippen molar-refractivity contribution in [1.82, 2.24) is 19.5 Å². The van der Waals surface area contributed by atoms with Gasteiger partial charge in [-0.25, -0.2) is 4.98 Å². The maximum atomic E-state index is 10.4. The average molecular weight is 345 g/mol. The lowest BCUT2D eigenvalue weighted by molar-refractivity contribution is -0.0162. The number of halogens is 1. The molecule has 0 aliphatic carbocycles. The van der Waals surface area contributed by atoms with E-state index >= 15 is 0 Å². The van der Waals surface area contributed by atoms with Gasteiger partial charge in [-0.05, 0) is 23.2 Å². The Balaban J connectivity index is 1.60. The number of aromatic nitrogens is 4. The highest BCUT2D eigenvalue weighted by molar-refractivity contribution is 6.28. The standard InChI is InChI=1S/C16H15ClN5O2/c17-16-20-14(18)13-15(21-16)22(8-19-13)12-7-10(23)11(24-12)6-9-4-2-1-3-5-9/h2-5,8,10-12,23H,6-7H2,(H2,18,20,21)/t10-,11+,12?/m0/s1. The fourth-order valence-electron chi connectivity index (χ4n) is 2.98. The van der Waals surface area contributed by atoms with E-state index in [2.05, 4.69) is 21.0 Å². The van der Waals surface area contributed by atoms with Crippen LogP contribution >= 0.6 is 11.6 Å². The molecule has 0 amide bonds. The zero-order chi connectivity index (χ0) is 16.7. The predicted molar refractivity (Wildman–Crippen MR) is 88.3 cm³/mol. The molecular weight excluding hydrogens is 330 g/mol. The zero-order valence-corrected chi connectivity index (χ0v) is 13.4. The van der Waals surface area contributed by atoms with E-state index in [0.717, 1.165) is 5.56 Å². The van der Waals surface area contributed by atoms with Gasteiger partial charge in [0.05, 0.1) is 18.5 Å². The van der Waals surface area contributed by atoms with Crippen LogP contribution in [0.3, 0.4) is 0 Å². The summed E-state index contributed by atoms with van der Waals surface area (Å²) in [6, 6.07) is 10.6. The average Bonchev–Trinajstić information content (AvgIpc) is 3.12. The van der Waals surface area contributed by atoms with Crippen LogP contribution in [-0.2, 0) is 11.2 Å². The third kappa shape index (κ3) is 2.71. The van der Waals surface area contributed by atoms with Crippen LogP contribution in [0.25, 0.3) is 11.2 Å². The molecule has 3 N–H and O–H groups in total. The molecule has 3 heterocycles. The van der Waals surface area contributed by atoms with Crippen LogP contribution in [0.2, 0.25) is 5.28 Å². The summed E-state index contributed by atoms with van der Waals surface area (Å²) in [7, 11) is 0. The van der Waals surface area contributed by atoms with Gasteiger partial charge in [0.2, 0.25) is 5.28 Å². The molecule has 1 unspecified atom stereocenters. The van der Waals surface area contributed by atoms with Gasteiger partial charge in [0, 0.05) is 12.8 Å². The summed E-state index contributed by atoms with van der Waals surface area (Å²) in [5.41, 5.74) is 7.88. The third-order valence-electron chi connectivity index (χ3n) is 4.16. The molecule has 2 aromatic heterocycles. The number of aliphatic hydroxyl groups is 1. The first-order chi connectivity index (χ1) is 11.6. The molecule has 8 heteroatoms. The molecule has 1 aromatic carbocycles. The SMILES string of the molecule is Nc1nc(Cl)nc2c1ncn2C1C[C@H](O)[C@@H](Cc2cc[c]cc2)O1. The number of imidazole rings is 1. The van der Waals surface area contributed by atoms with Crippen molar-refractivity contribution >= 4 is 28.6 Å². The van der Waals surface area contributed by atoms with E-state index in [9.17, 15) is 5.11 Å². The Morgan fingerprint density at radius 3 is 2.96 bits per heavy atom. The first-order valence-corrected chi connectivity index (χ1v) is 7.93. The first-order valence-electron chi connectivity index (χ1n) is 7.56.